The van der Waals surface area contributed by atoms with Crippen molar-refractivity contribution < 1.29 is 13.6 Å². The topological polar surface area (TPSA) is 29.1 Å². The maximum absolute atomic E-state index is 13.4. The number of nitrogens with one attached hydrogen (secondary N) is 1. The van der Waals surface area contributed by atoms with Crippen molar-refractivity contribution in [3.05, 3.63) is 64.7 Å². The van der Waals surface area contributed by atoms with Crippen LogP contribution in [-0.2, 0) is 0 Å². The molecule has 18 heavy (non-hydrogen) atoms. The summed E-state index contributed by atoms with van der Waals surface area (Å²) in [6.45, 7) is 0. The molecule has 0 aromatic heterocycles. The first-order chi connectivity index (χ1) is 8.58. The number of anilines is 1. The summed E-state index contributed by atoms with van der Waals surface area (Å²) in [6, 6.07) is 9.74. The molecule has 92 valence electrons. The van der Waals surface area contributed by atoms with Crippen LogP contribution < -0.4 is 5.32 Å². The molecule has 0 radical (unpaired) electrons. The van der Waals surface area contributed by atoms with Crippen LogP contribution in [0.3, 0.4) is 0 Å². The first-order valence-corrected chi connectivity index (χ1v) is 5.46. The van der Waals surface area contributed by atoms with Gasteiger partial charge in [0.1, 0.15) is 0 Å². The van der Waals surface area contributed by atoms with E-state index < -0.39 is 17.5 Å². The average Bonchev–Trinajstić information content (AvgIpc) is 2.35. The molecule has 0 aliphatic rings. The predicted octanol–water partition coefficient (Wildman–Crippen LogP) is 3.87. The number of hydrogen-bond donors (Lipinski definition) is 1. The average molecular weight is 268 g/mol. The van der Waals surface area contributed by atoms with E-state index in [-0.39, 0.29) is 5.56 Å². The number of rotatable bonds is 2. The van der Waals surface area contributed by atoms with Crippen LogP contribution >= 0.6 is 11.6 Å². The van der Waals surface area contributed by atoms with Crippen molar-refractivity contribution in [2.24, 2.45) is 0 Å². The van der Waals surface area contributed by atoms with E-state index in [1.807, 2.05) is 0 Å². The smallest absolute Gasteiger partial charge is 0.258 e. The molecule has 0 aliphatic heterocycles. The summed E-state index contributed by atoms with van der Waals surface area (Å²) >= 11 is 5.69. The van der Waals surface area contributed by atoms with E-state index in [0.29, 0.717) is 10.7 Å². The maximum Gasteiger partial charge on any atom is 0.258 e. The van der Waals surface area contributed by atoms with Crippen molar-refractivity contribution >= 4 is 23.2 Å². The number of amides is 1. The van der Waals surface area contributed by atoms with Crippen molar-refractivity contribution in [1.29, 1.82) is 0 Å². The van der Waals surface area contributed by atoms with Gasteiger partial charge < -0.3 is 5.32 Å². The fraction of sp³-hybridized carbons (Fsp3) is 0. The molecule has 2 aromatic carbocycles. The van der Waals surface area contributed by atoms with E-state index in [4.69, 9.17) is 11.6 Å². The third-order valence-corrected chi connectivity index (χ3v) is 2.55. The summed E-state index contributed by atoms with van der Waals surface area (Å²) in [7, 11) is 0. The van der Waals surface area contributed by atoms with Crippen molar-refractivity contribution in [3.8, 4) is 0 Å². The molecular formula is C13H8ClF2NO. The van der Waals surface area contributed by atoms with Gasteiger partial charge in [0.25, 0.3) is 5.91 Å². The zero-order valence-electron chi connectivity index (χ0n) is 9.08. The van der Waals surface area contributed by atoms with Gasteiger partial charge >= 0.3 is 0 Å². The Labute approximate surface area is 107 Å². The van der Waals surface area contributed by atoms with Crippen molar-refractivity contribution in [3.63, 3.8) is 0 Å². The van der Waals surface area contributed by atoms with E-state index in [1.54, 1.807) is 24.3 Å². The zero-order chi connectivity index (χ0) is 13.1. The predicted molar refractivity (Wildman–Crippen MR) is 65.8 cm³/mol. The van der Waals surface area contributed by atoms with Gasteiger partial charge in [-0.3, -0.25) is 4.79 Å². The fourth-order valence-electron chi connectivity index (χ4n) is 1.41. The highest BCUT2D eigenvalue weighted by molar-refractivity contribution is 6.30. The maximum atomic E-state index is 13.4. The molecule has 2 rings (SSSR count). The molecule has 0 aliphatic carbocycles. The normalized spacial score (nSPS) is 10.2. The minimum Gasteiger partial charge on any atom is -0.322 e. The van der Waals surface area contributed by atoms with Gasteiger partial charge in [0.05, 0.1) is 5.56 Å². The summed E-state index contributed by atoms with van der Waals surface area (Å²) in [5.74, 6) is -2.93. The van der Waals surface area contributed by atoms with Crippen LogP contribution in [0.15, 0.2) is 42.5 Å². The fourth-order valence-corrected chi connectivity index (χ4v) is 1.54. The van der Waals surface area contributed by atoms with Gasteiger partial charge in [-0.25, -0.2) is 8.78 Å². The number of carbonyl (C=O) groups is 1. The zero-order valence-corrected chi connectivity index (χ0v) is 9.84. The van der Waals surface area contributed by atoms with Gasteiger partial charge in [0.15, 0.2) is 11.6 Å². The second-order valence-electron chi connectivity index (χ2n) is 3.56. The monoisotopic (exact) mass is 267 g/mol. The Kier molecular flexibility index (Phi) is 3.58. The van der Waals surface area contributed by atoms with Crippen molar-refractivity contribution in [2.45, 2.75) is 0 Å². The van der Waals surface area contributed by atoms with Crippen LogP contribution in [0.1, 0.15) is 10.4 Å². The lowest BCUT2D eigenvalue weighted by Crippen LogP contribution is -2.14. The number of halogens is 3. The van der Waals surface area contributed by atoms with E-state index in [1.165, 1.54) is 12.1 Å². The molecule has 0 saturated carbocycles. The molecule has 5 heteroatoms. The molecule has 2 aromatic rings. The standard InChI is InChI=1S/C13H8ClF2NO/c14-8-4-6-9(7-5-8)17-13(18)10-2-1-3-11(15)12(10)16/h1-7H,(H,17,18). The largest absolute Gasteiger partial charge is 0.322 e. The Balaban J connectivity index is 2.22. The number of hydrogen-bond acceptors (Lipinski definition) is 1. The molecule has 0 heterocycles. The minimum atomic E-state index is -1.16. The van der Waals surface area contributed by atoms with Gasteiger partial charge in [0, 0.05) is 10.7 Å². The molecule has 1 N–H and O–H groups in total. The van der Waals surface area contributed by atoms with E-state index >= 15 is 0 Å². The first-order valence-electron chi connectivity index (χ1n) is 5.09. The van der Waals surface area contributed by atoms with Gasteiger partial charge in [-0.15, -0.1) is 0 Å². The third-order valence-electron chi connectivity index (χ3n) is 2.30. The number of carbonyl (C=O) groups excluding carboxylic acids is 1. The Morgan fingerprint density at radius 2 is 1.72 bits per heavy atom. The Morgan fingerprint density at radius 1 is 1.06 bits per heavy atom. The van der Waals surface area contributed by atoms with Gasteiger partial charge in [-0.1, -0.05) is 17.7 Å². The van der Waals surface area contributed by atoms with E-state index in [9.17, 15) is 13.6 Å². The lowest BCUT2D eigenvalue weighted by Gasteiger charge is -2.06. The van der Waals surface area contributed by atoms with Crippen LogP contribution in [0.4, 0.5) is 14.5 Å². The molecule has 0 unspecified atom stereocenters. The Bertz CT molecular complexity index is 584. The van der Waals surface area contributed by atoms with Crippen LogP contribution in [0, 0.1) is 11.6 Å². The highest BCUT2D eigenvalue weighted by Gasteiger charge is 2.14. The Morgan fingerprint density at radius 3 is 2.39 bits per heavy atom. The second-order valence-corrected chi connectivity index (χ2v) is 4.00. The van der Waals surface area contributed by atoms with Crippen LogP contribution in [0.5, 0.6) is 0 Å². The van der Waals surface area contributed by atoms with Crippen molar-refractivity contribution in [1.82, 2.24) is 0 Å². The van der Waals surface area contributed by atoms with E-state index in [2.05, 4.69) is 5.32 Å². The second kappa shape index (κ2) is 5.14. The molecule has 0 spiro atoms. The van der Waals surface area contributed by atoms with Gasteiger partial charge in [-0.2, -0.15) is 0 Å². The lowest BCUT2D eigenvalue weighted by atomic mass is 10.2. The lowest BCUT2D eigenvalue weighted by molar-refractivity contribution is 0.102. The molecular weight excluding hydrogens is 260 g/mol. The SMILES string of the molecule is O=C(Nc1ccc(Cl)cc1)c1cccc(F)c1F. The summed E-state index contributed by atoms with van der Waals surface area (Å²) < 4.78 is 26.3. The molecule has 0 saturated heterocycles. The third kappa shape index (κ3) is 2.65. The quantitative estimate of drug-likeness (QED) is 0.879. The van der Waals surface area contributed by atoms with Crippen LogP contribution in [0.2, 0.25) is 5.02 Å². The number of benzene rings is 2. The molecule has 0 bridgehead atoms. The summed E-state index contributed by atoms with van der Waals surface area (Å²) in [6.07, 6.45) is 0. The summed E-state index contributed by atoms with van der Waals surface area (Å²) in [5.41, 5.74) is 0.109. The first kappa shape index (κ1) is 12.5. The van der Waals surface area contributed by atoms with Crippen LogP contribution in [0.25, 0.3) is 0 Å². The highest BCUT2D eigenvalue weighted by atomic mass is 35.5. The molecule has 0 atom stereocenters. The Hall–Kier alpha value is -1.94. The molecule has 0 fully saturated rings. The highest BCUT2D eigenvalue weighted by Crippen LogP contribution is 2.16. The van der Waals surface area contributed by atoms with Gasteiger partial charge in [0.2, 0.25) is 0 Å². The van der Waals surface area contributed by atoms with E-state index in [0.717, 1.165) is 6.07 Å². The summed E-state index contributed by atoms with van der Waals surface area (Å²) in [4.78, 5) is 11.7. The molecule has 1 amide bonds. The summed E-state index contributed by atoms with van der Waals surface area (Å²) in [5, 5.41) is 2.97. The molecule has 2 nitrogen and oxygen atoms in total. The minimum absolute atomic E-state index is 0.343. The van der Waals surface area contributed by atoms with Crippen LogP contribution in [-0.4, -0.2) is 5.91 Å². The van der Waals surface area contributed by atoms with Gasteiger partial charge in [-0.05, 0) is 36.4 Å². The van der Waals surface area contributed by atoms with Crippen molar-refractivity contribution in [2.75, 3.05) is 5.32 Å².